The van der Waals surface area contributed by atoms with Gasteiger partial charge in [-0.2, -0.15) is 5.10 Å². The average Bonchev–Trinajstić information content (AvgIpc) is 2.68. The molecule has 0 aliphatic carbocycles. The highest BCUT2D eigenvalue weighted by Crippen LogP contribution is 2.24. The van der Waals surface area contributed by atoms with Gasteiger partial charge in [-0.1, -0.05) is 6.07 Å². The predicted molar refractivity (Wildman–Crippen MR) is 67.5 cm³/mol. The smallest absolute Gasteiger partial charge is 0.168 e. The summed E-state index contributed by atoms with van der Waals surface area (Å²) in [6, 6.07) is 6.80. The SMILES string of the molecule is Cc1nn(-c2cccc(O)c2)c2ncnc(N)c12. The fraction of sp³-hybridized carbons (Fsp3) is 0.0833. The second kappa shape index (κ2) is 3.69. The van der Waals surface area contributed by atoms with E-state index in [-0.39, 0.29) is 5.75 Å². The van der Waals surface area contributed by atoms with Gasteiger partial charge in [0.25, 0.3) is 0 Å². The first-order valence-corrected chi connectivity index (χ1v) is 5.42. The fourth-order valence-corrected chi connectivity index (χ4v) is 1.95. The molecule has 6 heteroatoms. The molecule has 0 aliphatic heterocycles. The van der Waals surface area contributed by atoms with Crippen molar-refractivity contribution < 1.29 is 5.11 Å². The van der Waals surface area contributed by atoms with Gasteiger partial charge in [-0.25, -0.2) is 14.6 Å². The number of phenols is 1. The summed E-state index contributed by atoms with van der Waals surface area (Å²) in [6.45, 7) is 1.85. The molecule has 18 heavy (non-hydrogen) atoms. The van der Waals surface area contributed by atoms with Crippen molar-refractivity contribution in [3.8, 4) is 11.4 Å². The van der Waals surface area contributed by atoms with E-state index in [1.165, 1.54) is 6.33 Å². The molecule has 2 aromatic heterocycles. The number of rotatable bonds is 1. The van der Waals surface area contributed by atoms with Crippen molar-refractivity contribution in [2.45, 2.75) is 6.92 Å². The summed E-state index contributed by atoms with van der Waals surface area (Å²) >= 11 is 0. The Morgan fingerprint density at radius 2 is 2.11 bits per heavy atom. The first-order chi connectivity index (χ1) is 8.66. The Bertz CT molecular complexity index is 734. The molecule has 3 N–H and O–H groups in total. The molecule has 0 bridgehead atoms. The van der Waals surface area contributed by atoms with E-state index in [1.54, 1.807) is 22.9 Å². The molecule has 0 unspecified atom stereocenters. The van der Waals surface area contributed by atoms with Crippen LogP contribution >= 0.6 is 0 Å². The lowest BCUT2D eigenvalue weighted by Crippen LogP contribution is -1.98. The number of aromatic nitrogens is 4. The van der Waals surface area contributed by atoms with Crippen LogP contribution in [0.5, 0.6) is 5.75 Å². The zero-order valence-corrected chi connectivity index (χ0v) is 9.70. The van der Waals surface area contributed by atoms with E-state index in [1.807, 2.05) is 13.0 Å². The molecule has 0 aliphatic rings. The molecule has 0 saturated heterocycles. The van der Waals surface area contributed by atoms with Gasteiger partial charge < -0.3 is 10.8 Å². The van der Waals surface area contributed by atoms with Crippen LogP contribution in [0, 0.1) is 6.92 Å². The van der Waals surface area contributed by atoms with E-state index in [9.17, 15) is 5.11 Å². The molecular formula is C12H11N5O. The van der Waals surface area contributed by atoms with E-state index < -0.39 is 0 Å². The minimum absolute atomic E-state index is 0.177. The van der Waals surface area contributed by atoms with Crippen LogP contribution in [0.4, 0.5) is 5.82 Å². The summed E-state index contributed by atoms with van der Waals surface area (Å²) in [6.07, 6.45) is 1.40. The van der Waals surface area contributed by atoms with E-state index >= 15 is 0 Å². The monoisotopic (exact) mass is 241 g/mol. The van der Waals surface area contributed by atoms with Crippen LogP contribution in [-0.2, 0) is 0 Å². The molecule has 2 heterocycles. The fourth-order valence-electron chi connectivity index (χ4n) is 1.95. The number of aryl methyl sites for hydroxylation is 1. The summed E-state index contributed by atoms with van der Waals surface area (Å²) in [5.41, 5.74) is 7.94. The van der Waals surface area contributed by atoms with Crippen LogP contribution in [-0.4, -0.2) is 24.9 Å². The Hall–Kier alpha value is -2.63. The summed E-state index contributed by atoms with van der Waals surface area (Å²) in [5.74, 6) is 0.583. The molecule has 0 fully saturated rings. The number of hydrogen-bond donors (Lipinski definition) is 2. The van der Waals surface area contributed by atoms with Crippen LogP contribution in [0.1, 0.15) is 5.69 Å². The number of phenolic OH excluding ortho intramolecular Hbond substituents is 1. The molecule has 3 aromatic rings. The summed E-state index contributed by atoms with van der Waals surface area (Å²) in [7, 11) is 0. The number of nitrogens with two attached hydrogens (primary N) is 1. The Labute approximate surface area is 103 Å². The summed E-state index contributed by atoms with van der Waals surface area (Å²) in [4.78, 5) is 8.15. The molecule has 0 amide bonds. The Balaban J connectivity index is 2.34. The largest absolute Gasteiger partial charge is 0.508 e. The number of fused-ring (bicyclic) bond motifs is 1. The number of aromatic hydroxyl groups is 1. The lowest BCUT2D eigenvalue weighted by Gasteiger charge is -2.03. The van der Waals surface area contributed by atoms with E-state index in [0.29, 0.717) is 11.5 Å². The van der Waals surface area contributed by atoms with E-state index in [2.05, 4.69) is 15.1 Å². The first-order valence-electron chi connectivity index (χ1n) is 5.42. The third-order valence-corrected chi connectivity index (χ3v) is 2.74. The highest BCUT2D eigenvalue weighted by atomic mass is 16.3. The van der Waals surface area contributed by atoms with Gasteiger partial charge >= 0.3 is 0 Å². The highest BCUT2D eigenvalue weighted by Gasteiger charge is 2.13. The van der Waals surface area contributed by atoms with Crippen molar-refractivity contribution in [1.29, 1.82) is 0 Å². The van der Waals surface area contributed by atoms with E-state index in [0.717, 1.165) is 16.8 Å². The molecule has 0 saturated carbocycles. The quantitative estimate of drug-likeness (QED) is 0.672. The van der Waals surface area contributed by atoms with E-state index in [4.69, 9.17) is 5.73 Å². The van der Waals surface area contributed by atoms with Crippen molar-refractivity contribution in [2.24, 2.45) is 0 Å². The normalized spacial score (nSPS) is 10.9. The molecular weight excluding hydrogens is 230 g/mol. The highest BCUT2D eigenvalue weighted by molar-refractivity contribution is 5.88. The topological polar surface area (TPSA) is 89.8 Å². The Kier molecular flexibility index (Phi) is 2.16. The molecule has 3 rings (SSSR count). The van der Waals surface area contributed by atoms with Crippen molar-refractivity contribution in [3.63, 3.8) is 0 Å². The van der Waals surface area contributed by atoms with Gasteiger partial charge in [0.2, 0.25) is 0 Å². The van der Waals surface area contributed by atoms with Crippen LogP contribution in [0.2, 0.25) is 0 Å². The van der Waals surface area contributed by atoms with Crippen LogP contribution in [0.15, 0.2) is 30.6 Å². The molecule has 6 nitrogen and oxygen atoms in total. The number of anilines is 1. The standard InChI is InChI=1S/C12H11N5O/c1-7-10-11(13)14-6-15-12(10)17(16-7)8-3-2-4-9(18)5-8/h2-6,18H,1H3,(H2,13,14,15). The summed E-state index contributed by atoms with van der Waals surface area (Å²) in [5, 5.41) is 14.6. The van der Waals surface area contributed by atoms with Crippen LogP contribution in [0.3, 0.4) is 0 Å². The van der Waals surface area contributed by atoms with Crippen LogP contribution < -0.4 is 5.73 Å². The van der Waals surface area contributed by atoms with Gasteiger partial charge in [-0.15, -0.1) is 0 Å². The van der Waals surface area contributed by atoms with Gasteiger partial charge in [0.15, 0.2) is 5.65 Å². The zero-order valence-electron chi connectivity index (χ0n) is 9.70. The number of hydrogen-bond acceptors (Lipinski definition) is 5. The predicted octanol–water partition coefficient (Wildman–Crippen LogP) is 1.41. The lowest BCUT2D eigenvalue weighted by atomic mass is 10.3. The van der Waals surface area contributed by atoms with Gasteiger partial charge in [0.1, 0.15) is 17.9 Å². The Morgan fingerprint density at radius 3 is 2.89 bits per heavy atom. The second-order valence-corrected chi connectivity index (χ2v) is 3.97. The zero-order chi connectivity index (χ0) is 12.7. The van der Waals surface area contributed by atoms with Crippen LogP contribution in [0.25, 0.3) is 16.7 Å². The van der Waals surface area contributed by atoms with Crippen molar-refractivity contribution in [2.75, 3.05) is 5.73 Å². The molecule has 0 atom stereocenters. The second-order valence-electron chi connectivity index (χ2n) is 3.97. The minimum atomic E-state index is 0.177. The maximum atomic E-state index is 9.51. The van der Waals surface area contributed by atoms with Gasteiger partial charge in [-0.05, 0) is 19.1 Å². The third kappa shape index (κ3) is 1.46. The maximum absolute atomic E-state index is 9.51. The maximum Gasteiger partial charge on any atom is 0.168 e. The van der Waals surface area contributed by atoms with Gasteiger partial charge in [0.05, 0.1) is 16.8 Å². The average molecular weight is 241 g/mol. The molecule has 90 valence electrons. The molecule has 0 spiro atoms. The minimum Gasteiger partial charge on any atom is -0.508 e. The van der Waals surface area contributed by atoms with Crippen molar-refractivity contribution in [3.05, 3.63) is 36.3 Å². The Morgan fingerprint density at radius 1 is 1.28 bits per heavy atom. The molecule has 0 radical (unpaired) electrons. The first kappa shape index (κ1) is 10.5. The number of nitrogens with zero attached hydrogens (tertiary/aromatic N) is 4. The van der Waals surface area contributed by atoms with Gasteiger partial charge in [-0.3, -0.25) is 0 Å². The lowest BCUT2D eigenvalue weighted by molar-refractivity contribution is 0.475. The summed E-state index contributed by atoms with van der Waals surface area (Å²) < 4.78 is 1.64. The third-order valence-electron chi connectivity index (χ3n) is 2.74. The van der Waals surface area contributed by atoms with Crippen molar-refractivity contribution >= 4 is 16.9 Å². The molecule has 1 aromatic carbocycles. The number of benzene rings is 1. The number of nitrogen functional groups attached to an aromatic ring is 1. The van der Waals surface area contributed by atoms with Gasteiger partial charge in [0, 0.05) is 6.07 Å². The van der Waals surface area contributed by atoms with Crippen molar-refractivity contribution in [1.82, 2.24) is 19.7 Å².